The third-order valence-corrected chi connectivity index (χ3v) is 5.37. The number of hydrogen-bond donors (Lipinski definition) is 0. The largest absolute Gasteiger partial charge is 0.306 e. The monoisotopic (exact) mass is 267 g/mol. The molecular weight excluding hydrogens is 230 g/mol. The zero-order valence-electron chi connectivity index (χ0n) is 14.1. The third-order valence-electron chi connectivity index (χ3n) is 5.37. The van der Waals surface area contributed by atoms with E-state index in [0.29, 0.717) is 0 Å². The quantitative estimate of drug-likeness (QED) is 0.554. The van der Waals surface area contributed by atoms with Gasteiger partial charge in [-0.3, -0.25) is 0 Å². The van der Waals surface area contributed by atoms with E-state index in [1.54, 1.807) is 0 Å². The highest BCUT2D eigenvalue weighted by Gasteiger charge is 2.35. The summed E-state index contributed by atoms with van der Waals surface area (Å²) in [6.45, 7) is 12.1. The number of hydrogen-bond acceptors (Lipinski definition) is 1. The first-order chi connectivity index (χ1) is 9.12. The van der Waals surface area contributed by atoms with Gasteiger partial charge >= 0.3 is 0 Å². The van der Waals surface area contributed by atoms with E-state index in [9.17, 15) is 0 Å². The summed E-state index contributed by atoms with van der Waals surface area (Å²) in [6.07, 6.45) is 9.92. The van der Waals surface area contributed by atoms with Crippen molar-refractivity contribution in [1.82, 2.24) is 4.90 Å². The Morgan fingerprint density at radius 1 is 1.05 bits per heavy atom. The molecule has 4 atom stereocenters. The van der Waals surface area contributed by atoms with Gasteiger partial charge in [0.1, 0.15) is 0 Å². The molecule has 1 nitrogen and oxygen atoms in total. The summed E-state index contributed by atoms with van der Waals surface area (Å²) in [6, 6.07) is 0. The Kier molecular flexibility index (Phi) is 8.06. The van der Waals surface area contributed by atoms with Crippen LogP contribution in [0.5, 0.6) is 0 Å². The summed E-state index contributed by atoms with van der Waals surface area (Å²) in [5.74, 6) is 3.93. The first-order valence-corrected chi connectivity index (χ1v) is 8.80. The van der Waals surface area contributed by atoms with Crippen LogP contribution in [-0.4, -0.2) is 25.0 Å². The van der Waals surface area contributed by atoms with Crippen LogP contribution in [0, 0.1) is 23.7 Å². The van der Waals surface area contributed by atoms with Gasteiger partial charge in [0.15, 0.2) is 0 Å². The normalized spacial score (nSPS) is 29.1. The van der Waals surface area contributed by atoms with Gasteiger partial charge < -0.3 is 4.90 Å². The van der Waals surface area contributed by atoms with Gasteiger partial charge in [0.05, 0.1) is 0 Å². The van der Waals surface area contributed by atoms with Crippen LogP contribution in [0.15, 0.2) is 0 Å². The fourth-order valence-corrected chi connectivity index (χ4v) is 4.08. The number of unbranched alkanes of at least 4 members (excludes halogenated alkanes) is 1. The van der Waals surface area contributed by atoms with Crippen molar-refractivity contribution in [1.29, 1.82) is 0 Å². The summed E-state index contributed by atoms with van der Waals surface area (Å²) in [5, 5.41) is 0. The minimum absolute atomic E-state index is 0.954. The lowest BCUT2D eigenvalue weighted by molar-refractivity contribution is 0.235. The molecule has 1 heteroatoms. The van der Waals surface area contributed by atoms with Gasteiger partial charge in [-0.05, 0) is 56.5 Å². The van der Waals surface area contributed by atoms with Crippen molar-refractivity contribution in [3.63, 3.8) is 0 Å². The molecule has 0 spiro atoms. The molecule has 0 aromatic heterocycles. The molecule has 0 heterocycles. The summed E-state index contributed by atoms with van der Waals surface area (Å²) < 4.78 is 0. The second kappa shape index (κ2) is 9.00. The average molecular weight is 268 g/mol. The Labute approximate surface area is 122 Å². The Balaban J connectivity index is 2.44. The molecule has 114 valence electrons. The lowest BCUT2D eigenvalue weighted by atomic mass is 9.87. The number of nitrogens with zero attached hydrogens (tertiary/aromatic N) is 1. The zero-order valence-corrected chi connectivity index (χ0v) is 14.1. The Bertz CT molecular complexity index is 226. The van der Waals surface area contributed by atoms with Crippen molar-refractivity contribution in [2.24, 2.45) is 23.7 Å². The molecule has 19 heavy (non-hydrogen) atoms. The molecule has 0 aromatic rings. The summed E-state index contributed by atoms with van der Waals surface area (Å²) in [5.41, 5.74) is 0. The molecule has 4 unspecified atom stereocenters. The van der Waals surface area contributed by atoms with Crippen molar-refractivity contribution < 1.29 is 0 Å². The van der Waals surface area contributed by atoms with E-state index in [-0.39, 0.29) is 0 Å². The van der Waals surface area contributed by atoms with E-state index in [2.05, 4.69) is 39.6 Å². The molecule has 0 amide bonds. The molecule has 0 radical (unpaired) electrons. The van der Waals surface area contributed by atoms with Crippen molar-refractivity contribution in [3.8, 4) is 0 Å². The van der Waals surface area contributed by atoms with Crippen LogP contribution in [0.3, 0.4) is 0 Å². The minimum atomic E-state index is 0.954. The highest BCUT2D eigenvalue weighted by Crippen LogP contribution is 2.43. The molecular formula is C18H37N. The molecule has 0 bridgehead atoms. The Hall–Kier alpha value is -0.0400. The molecule has 1 saturated carbocycles. The van der Waals surface area contributed by atoms with Gasteiger partial charge in [0, 0.05) is 6.54 Å². The van der Waals surface area contributed by atoms with Gasteiger partial charge in [-0.2, -0.15) is 0 Å². The van der Waals surface area contributed by atoms with E-state index in [1.807, 2.05) is 0 Å². The van der Waals surface area contributed by atoms with Gasteiger partial charge in [-0.15, -0.1) is 0 Å². The molecule has 1 aliphatic rings. The van der Waals surface area contributed by atoms with Crippen molar-refractivity contribution in [2.75, 3.05) is 20.1 Å². The summed E-state index contributed by atoms with van der Waals surface area (Å²) in [4.78, 5) is 2.56. The molecule has 0 aliphatic heterocycles. The van der Waals surface area contributed by atoms with E-state index in [4.69, 9.17) is 0 Å². The van der Waals surface area contributed by atoms with Crippen LogP contribution in [0.1, 0.15) is 72.6 Å². The second-order valence-corrected chi connectivity index (χ2v) is 7.04. The molecule has 0 saturated heterocycles. The fourth-order valence-electron chi connectivity index (χ4n) is 4.08. The fraction of sp³-hybridized carbons (Fsp3) is 1.00. The highest BCUT2D eigenvalue weighted by atomic mass is 15.1. The SMILES string of the molecule is CCCCC(C)C1CC(CC)C(CN(C)CCC)C1. The maximum Gasteiger partial charge on any atom is 0.000936 e. The van der Waals surface area contributed by atoms with Crippen molar-refractivity contribution >= 4 is 0 Å². The van der Waals surface area contributed by atoms with Crippen LogP contribution >= 0.6 is 0 Å². The lowest BCUT2D eigenvalue weighted by Crippen LogP contribution is -2.28. The standard InChI is InChI=1S/C18H37N/c1-6-9-10-15(4)17-12-16(8-3)18(13-17)14-19(5)11-7-2/h15-18H,6-14H2,1-5H3. The third kappa shape index (κ3) is 5.45. The van der Waals surface area contributed by atoms with Crippen LogP contribution in [0.4, 0.5) is 0 Å². The number of rotatable bonds is 9. The second-order valence-electron chi connectivity index (χ2n) is 7.04. The topological polar surface area (TPSA) is 3.24 Å². The summed E-state index contributed by atoms with van der Waals surface area (Å²) >= 11 is 0. The van der Waals surface area contributed by atoms with E-state index >= 15 is 0 Å². The Morgan fingerprint density at radius 2 is 1.74 bits per heavy atom. The van der Waals surface area contributed by atoms with Crippen LogP contribution in [0.25, 0.3) is 0 Å². The van der Waals surface area contributed by atoms with E-state index in [0.717, 1.165) is 23.7 Å². The average Bonchev–Trinajstić information content (AvgIpc) is 2.79. The van der Waals surface area contributed by atoms with Gasteiger partial charge in [-0.1, -0.05) is 53.4 Å². The molecule has 0 aromatic carbocycles. The zero-order chi connectivity index (χ0) is 14.3. The van der Waals surface area contributed by atoms with Gasteiger partial charge in [-0.25, -0.2) is 0 Å². The van der Waals surface area contributed by atoms with Gasteiger partial charge in [0.2, 0.25) is 0 Å². The molecule has 0 N–H and O–H groups in total. The van der Waals surface area contributed by atoms with Crippen LogP contribution < -0.4 is 0 Å². The first-order valence-electron chi connectivity index (χ1n) is 8.80. The van der Waals surface area contributed by atoms with Crippen LogP contribution in [0.2, 0.25) is 0 Å². The maximum absolute atomic E-state index is 2.56. The molecule has 1 fully saturated rings. The first kappa shape index (κ1) is 17.0. The van der Waals surface area contributed by atoms with Crippen molar-refractivity contribution in [3.05, 3.63) is 0 Å². The van der Waals surface area contributed by atoms with Crippen molar-refractivity contribution in [2.45, 2.75) is 72.6 Å². The predicted octanol–water partition coefficient (Wildman–Crippen LogP) is 5.21. The maximum atomic E-state index is 2.56. The molecule has 1 rings (SSSR count). The van der Waals surface area contributed by atoms with Crippen LogP contribution in [-0.2, 0) is 0 Å². The van der Waals surface area contributed by atoms with E-state index < -0.39 is 0 Å². The minimum Gasteiger partial charge on any atom is -0.306 e. The summed E-state index contributed by atoms with van der Waals surface area (Å²) in [7, 11) is 2.31. The Morgan fingerprint density at radius 3 is 2.32 bits per heavy atom. The van der Waals surface area contributed by atoms with Gasteiger partial charge in [0.25, 0.3) is 0 Å². The van der Waals surface area contributed by atoms with E-state index in [1.165, 1.54) is 58.0 Å². The smallest absolute Gasteiger partial charge is 0.000936 e. The molecule has 1 aliphatic carbocycles. The predicted molar refractivity (Wildman–Crippen MR) is 86.5 cm³/mol. The highest BCUT2D eigenvalue weighted by molar-refractivity contribution is 4.86. The lowest BCUT2D eigenvalue weighted by Gasteiger charge is -2.24.